The van der Waals surface area contributed by atoms with Crippen molar-refractivity contribution in [1.29, 1.82) is 0 Å². The van der Waals surface area contributed by atoms with Crippen LogP contribution in [0.1, 0.15) is 39.0 Å². The zero-order chi connectivity index (χ0) is 14.5. The Morgan fingerprint density at radius 1 is 1.21 bits per heavy atom. The second-order valence-electron chi connectivity index (χ2n) is 4.41. The van der Waals surface area contributed by atoms with Gasteiger partial charge >= 0.3 is 12.0 Å². The van der Waals surface area contributed by atoms with Crippen molar-refractivity contribution >= 4 is 12.0 Å². The average molecular weight is 274 g/mol. The number of hydrogen-bond acceptors (Lipinski definition) is 3. The highest BCUT2D eigenvalue weighted by molar-refractivity contribution is 5.73. The summed E-state index contributed by atoms with van der Waals surface area (Å²) in [4.78, 5) is 23.5. The molecule has 2 amide bonds. The topological polar surface area (TPSA) is 78.9 Å². The Bertz CT molecular complexity index is 259. The third-order valence-corrected chi connectivity index (χ3v) is 2.72. The SMILES string of the molecule is CCOCCN(C)C(=O)NCCCCCCC(=O)O. The summed E-state index contributed by atoms with van der Waals surface area (Å²) in [5.41, 5.74) is 0. The molecule has 0 unspecified atom stereocenters. The molecular weight excluding hydrogens is 248 g/mol. The maximum atomic E-state index is 11.6. The average Bonchev–Trinajstić information content (AvgIpc) is 2.37. The van der Waals surface area contributed by atoms with Gasteiger partial charge in [-0.15, -0.1) is 0 Å². The monoisotopic (exact) mass is 274 g/mol. The number of aliphatic carboxylic acids is 1. The van der Waals surface area contributed by atoms with Crippen LogP contribution in [-0.2, 0) is 9.53 Å². The molecule has 0 bridgehead atoms. The summed E-state index contributed by atoms with van der Waals surface area (Å²) < 4.78 is 5.17. The first kappa shape index (κ1) is 17.7. The van der Waals surface area contributed by atoms with Crippen LogP contribution in [0.25, 0.3) is 0 Å². The van der Waals surface area contributed by atoms with E-state index in [1.54, 1.807) is 11.9 Å². The molecule has 0 saturated heterocycles. The van der Waals surface area contributed by atoms with E-state index in [0.29, 0.717) is 32.7 Å². The van der Waals surface area contributed by atoms with E-state index in [4.69, 9.17) is 9.84 Å². The van der Waals surface area contributed by atoms with Gasteiger partial charge in [0, 0.05) is 33.2 Å². The fraction of sp³-hybridized carbons (Fsp3) is 0.846. The van der Waals surface area contributed by atoms with Crippen LogP contribution in [0.15, 0.2) is 0 Å². The van der Waals surface area contributed by atoms with Crippen molar-refractivity contribution in [2.75, 3.05) is 33.4 Å². The number of carbonyl (C=O) groups is 2. The molecule has 0 spiro atoms. The Morgan fingerprint density at radius 3 is 2.53 bits per heavy atom. The zero-order valence-corrected chi connectivity index (χ0v) is 12.0. The minimum Gasteiger partial charge on any atom is -0.481 e. The molecule has 112 valence electrons. The highest BCUT2D eigenvalue weighted by Crippen LogP contribution is 2.02. The Labute approximate surface area is 115 Å². The van der Waals surface area contributed by atoms with Gasteiger partial charge in [0.25, 0.3) is 0 Å². The number of carboxylic acids is 1. The molecule has 0 aromatic carbocycles. The van der Waals surface area contributed by atoms with E-state index in [1.165, 1.54) is 0 Å². The van der Waals surface area contributed by atoms with E-state index >= 15 is 0 Å². The van der Waals surface area contributed by atoms with Gasteiger partial charge in [-0.3, -0.25) is 4.79 Å². The summed E-state index contributed by atoms with van der Waals surface area (Å²) in [6, 6.07) is -0.0924. The van der Waals surface area contributed by atoms with Gasteiger partial charge in [-0.25, -0.2) is 4.79 Å². The van der Waals surface area contributed by atoms with Gasteiger partial charge in [0.1, 0.15) is 0 Å². The number of likely N-dealkylation sites (N-methyl/N-ethyl adjacent to an activating group) is 1. The van der Waals surface area contributed by atoms with Crippen LogP contribution in [0.5, 0.6) is 0 Å². The molecule has 0 saturated carbocycles. The molecule has 0 aromatic heterocycles. The second-order valence-corrected chi connectivity index (χ2v) is 4.41. The van der Waals surface area contributed by atoms with Crippen LogP contribution >= 0.6 is 0 Å². The van der Waals surface area contributed by atoms with Gasteiger partial charge < -0.3 is 20.1 Å². The molecule has 0 aliphatic carbocycles. The van der Waals surface area contributed by atoms with Crippen molar-refractivity contribution < 1.29 is 19.4 Å². The van der Waals surface area contributed by atoms with E-state index in [-0.39, 0.29) is 12.5 Å². The number of carbonyl (C=O) groups excluding carboxylic acids is 1. The lowest BCUT2D eigenvalue weighted by Gasteiger charge is -2.17. The van der Waals surface area contributed by atoms with Crippen molar-refractivity contribution in [1.82, 2.24) is 10.2 Å². The van der Waals surface area contributed by atoms with Gasteiger partial charge in [0.2, 0.25) is 0 Å². The van der Waals surface area contributed by atoms with Crippen molar-refractivity contribution in [3.63, 3.8) is 0 Å². The molecule has 2 N–H and O–H groups in total. The Hall–Kier alpha value is -1.30. The standard InChI is InChI=1S/C13H26N2O4/c1-3-19-11-10-15(2)13(18)14-9-7-5-4-6-8-12(16)17/h3-11H2,1-2H3,(H,14,18)(H,16,17). The maximum absolute atomic E-state index is 11.6. The van der Waals surface area contributed by atoms with Gasteiger partial charge in [-0.2, -0.15) is 0 Å². The number of rotatable bonds is 11. The first-order valence-corrected chi connectivity index (χ1v) is 6.86. The number of urea groups is 1. The molecule has 0 fully saturated rings. The van der Waals surface area contributed by atoms with Crippen molar-refractivity contribution in [2.24, 2.45) is 0 Å². The summed E-state index contributed by atoms with van der Waals surface area (Å²) in [5, 5.41) is 11.3. The Kier molecular flexibility index (Phi) is 11.0. The number of unbranched alkanes of at least 4 members (excludes halogenated alkanes) is 3. The zero-order valence-electron chi connectivity index (χ0n) is 12.0. The number of nitrogens with zero attached hydrogens (tertiary/aromatic N) is 1. The molecule has 19 heavy (non-hydrogen) atoms. The lowest BCUT2D eigenvalue weighted by Crippen LogP contribution is -2.39. The van der Waals surface area contributed by atoms with Crippen LogP contribution < -0.4 is 5.32 Å². The summed E-state index contributed by atoms with van der Waals surface area (Å²) >= 11 is 0. The fourth-order valence-electron chi connectivity index (χ4n) is 1.53. The Morgan fingerprint density at radius 2 is 1.89 bits per heavy atom. The predicted octanol–water partition coefficient (Wildman–Crippen LogP) is 1.70. The van der Waals surface area contributed by atoms with Gasteiger partial charge in [-0.05, 0) is 19.8 Å². The van der Waals surface area contributed by atoms with E-state index < -0.39 is 5.97 Å². The highest BCUT2D eigenvalue weighted by Gasteiger charge is 2.06. The van der Waals surface area contributed by atoms with E-state index in [9.17, 15) is 9.59 Å². The first-order chi connectivity index (χ1) is 9.07. The third kappa shape index (κ3) is 11.5. The normalized spacial score (nSPS) is 10.2. The van der Waals surface area contributed by atoms with Gasteiger partial charge in [-0.1, -0.05) is 12.8 Å². The molecule has 0 rings (SSSR count). The summed E-state index contributed by atoms with van der Waals surface area (Å²) in [5.74, 6) is -0.746. The summed E-state index contributed by atoms with van der Waals surface area (Å²) in [6.07, 6.45) is 3.65. The third-order valence-electron chi connectivity index (χ3n) is 2.72. The van der Waals surface area contributed by atoms with Crippen LogP contribution in [-0.4, -0.2) is 55.4 Å². The molecule has 0 radical (unpaired) electrons. The quantitative estimate of drug-likeness (QED) is 0.562. The summed E-state index contributed by atoms with van der Waals surface area (Å²) in [7, 11) is 1.74. The van der Waals surface area contributed by atoms with E-state index in [1.807, 2.05) is 6.92 Å². The largest absolute Gasteiger partial charge is 0.481 e. The van der Waals surface area contributed by atoms with Crippen LogP contribution in [0.2, 0.25) is 0 Å². The number of carboxylic acid groups (broad SMARTS) is 1. The molecule has 0 aromatic rings. The molecule has 6 nitrogen and oxygen atoms in total. The molecule has 0 atom stereocenters. The molecule has 0 heterocycles. The van der Waals surface area contributed by atoms with E-state index in [2.05, 4.69) is 5.32 Å². The van der Waals surface area contributed by atoms with Gasteiger partial charge in [0.05, 0.1) is 6.61 Å². The minimum atomic E-state index is -0.746. The van der Waals surface area contributed by atoms with Crippen LogP contribution in [0, 0.1) is 0 Å². The smallest absolute Gasteiger partial charge is 0.317 e. The summed E-state index contributed by atoms with van der Waals surface area (Å²) in [6.45, 7) is 4.34. The number of nitrogens with one attached hydrogen (secondary N) is 1. The Balaban J connectivity index is 3.39. The highest BCUT2D eigenvalue weighted by atomic mass is 16.5. The first-order valence-electron chi connectivity index (χ1n) is 6.86. The molecule has 0 aliphatic rings. The molecule has 6 heteroatoms. The molecular formula is C13H26N2O4. The second kappa shape index (κ2) is 11.8. The number of hydrogen-bond donors (Lipinski definition) is 2. The lowest BCUT2D eigenvalue weighted by atomic mass is 10.1. The maximum Gasteiger partial charge on any atom is 0.317 e. The lowest BCUT2D eigenvalue weighted by molar-refractivity contribution is -0.137. The molecule has 0 aliphatic heterocycles. The van der Waals surface area contributed by atoms with Crippen molar-refractivity contribution in [3.8, 4) is 0 Å². The van der Waals surface area contributed by atoms with Crippen LogP contribution in [0.3, 0.4) is 0 Å². The number of amides is 2. The van der Waals surface area contributed by atoms with Crippen molar-refractivity contribution in [3.05, 3.63) is 0 Å². The predicted molar refractivity (Wildman–Crippen MR) is 73.2 cm³/mol. The number of ether oxygens (including phenoxy) is 1. The fourth-order valence-corrected chi connectivity index (χ4v) is 1.53. The van der Waals surface area contributed by atoms with Crippen molar-refractivity contribution in [2.45, 2.75) is 39.0 Å². The minimum absolute atomic E-state index is 0.0924. The van der Waals surface area contributed by atoms with E-state index in [0.717, 1.165) is 19.3 Å². The van der Waals surface area contributed by atoms with Gasteiger partial charge in [0.15, 0.2) is 0 Å². The van der Waals surface area contributed by atoms with Crippen LogP contribution in [0.4, 0.5) is 4.79 Å².